The number of benzene rings is 2. The normalized spacial score (nSPS) is 17.4. The summed E-state index contributed by atoms with van der Waals surface area (Å²) in [5.74, 6) is 0.332. The lowest BCUT2D eigenvalue weighted by Gasteiger charge is -2.26. The first-order chi connectivity index (χ1) is 9.70. The summed E-state index contributed by atoms with van der Waals surface area (Å²) in [6.07, 6.45) is 3.21. The third-order valence-corrected chi connectivity index (χ3v) is 4.54. The average Bonchev–Trinajstić information content (AvgIpc) is 2.49. The Labute approximate surface area is 129 Å². The molecule has 102 valence electrons. The van der Waals surface area contributed by atoms with Gasteiger partial charge in [-0.1, -0.05) is 59.6 Å². The van der Waals surface area contributed by atoms with E-state index in [-0.39, 0.29) is 0 Å². The van der Waals surface area contributed by atoms with Gasteiger partial charge >= 0.3 is 0 Å². The Balaban J connectivity index is 2.08. The fourth-order valence-corrected chi connectivity index (χ4v) is 3.11. The maximum atomic E-state index is 6.16. The second-order valence-corrected chi connectivity index (χ2v) is 5.73. The van der Waals surface area contributed by atoms with E-state index < -0.39 is 0 Å². The zero-order chi connectivity index (χ0) is 14.1. The number of allylic oxidation sites excluding steroid dienone is 1. The van der Waals surface area contributed by atoms with Gasteiger partial charge in [0.15, 0.2) is 0 Å². The molecule has 0 amide bonds. The van der Waals surface area contributed by atoms with Crippen molar-refractivity contribution in [2.45, 2.75) is 12.3 Å². The summed E-state index contributed by atoms with van der Waals surface area (Å²) < 4.78 is 0. The molecule has 0 fully saturated rings. The summed E-state index contributed by atoms with van der Waals surface area (Å²) >= 11 is 12.2. The van der Waals surface area contributed by atoms with Crippen LogP contribution in [-0.4, -0.2) is 7.05 Å². The lowest BCUT2D eigenvalue weighted by atomic mass is 9.81. The van der Waals surface area contributed by atoms with Gasteiger partial charge in [0.1, 0.15) is 0 Å². The van der Waals surface area contributed by atoms with Crippen molar-refractivity contribution in [3.05, 3.63) is 75.3 Å². The first-order valence-corrected chi connectivity index (χ1v) is 7.38. The summed E-state index contributed by atoms with van der Waals surface area (Å²) in [7, 11) is 1.96. The molecular weight excluding hydrogens is 289 g/mol. The molecule has 2 aromatic carbocycles. The topological polar surface area (TPSA) is 12.0 Å². The van der Waals surface area contributed by atoms with E-state index in [1.165, 1.54) is 22.4 Å². The summed E-state index contributed by atoms with van der Waals surface area (Å²) in [6, 6.07) is 14.4. The average molecular weight is 304 g/mol. The third-order valence-electron chi connectivity index (χ3n) is 3.80. The smallest absolute Gasteiger partial charge is 0.0595 e. The highest BCUT2D eigenvalue weighted by atomic mass is 35.5. The van der Waals surface area contributed by atoms with Gasteiger partial charge in [0.2, 0.25) is 0 Å². The summed E-state index contributed by atoms with van der Waals surface area (Å²) in [4.78, 5) is 0. The van der Waals surface area contributed by atoms with Crippen molar-refractivity contribution in [3.8, 4) is 0 Å². The zero-order valence-electron chi connectivity index (χ0n) is 11.2. The van der Waals surface area contributed by atoms with Crippen LogP contribution >= 0.6 is 23.2 Å². The highest BCUT2D eigenvalue weighted by Gasteiger charge is 2.22. The van der Waals surface area contributed by atoms with Crippen LogP contribution in [0.15, 0.2) is 48.5 Å². The van der Waals surface area contributed by atoms with Crippen LogP contribution in [0.3, 0.4) is 0 Å². The molecule has 1 aliphatic carbocycles. The zero-order valence-corrected chi connectivity index (χ0v) is 12.7. The molecule has 0 bridgehead atoms. The number of hydrogen-bond donors (Lipinski definition) is 1. The molecule has 0 saturated carbocycles. The van der Waals surface area contributed by atoms with E-state index >= 15 is 0 Å². The van der Waals surface area contributed by atoms with Crippen molar-refractivity contribution in [2.24, 2.45) is 0 Å². The minimum atomic E-state index is 0.332. The van der Waals surface area contributed by atoms with E-state index in [0.717, 1.165) is 6.42 Å². The summed E-state index contributed by atoms with van der Waals surface area (Å²) in [5, 5.41) is 4.49. The number of halogens is 2. The van der Waals surface area contributed by atoms with Crippen molar-refractivity contribution >= 4 is 28.9 Å². The molecule has 0 spiro atoms. The maximum Gasteiger partial charge on any atom is 0.0595 e. The minimum absolute atomic E-state index is 0.332. The Kier molecular flexibility index (Phi) is 3.73. The van der Waals surface area contributed by atoms with E-state index in [0.29, 0.717) is 16.0 Å². The van der Waals surface area contributed by atoms with Gasteiger partial charge in [-0.05, 0) is 29.7 Å². The highest BCUT2D eigenvalue weighted by Crippen LogP contribution is 2.39. The van der Waals surface area contributed by atoms with Gasteiger partial charge in [0, 0.05) is 24.2 Å². The molecule has 20 heavy (non-hydrogen) atoms. The number of nitrogens with one attached hydrogen (secondary N) is 1. The number of fused-ring (bicyclic) bond motifs is 1. The predicted octanol–water partition coefficient (Wildman–Crippen LogP) is 5.09. The van der Waals surface area contributed by atoms with Crippen molar-refractivity contribution in [1.82, 2.24) is 5.32 Å². The van der Waals surface area contributed by atoms with Gasteiger partial charge in [0.05, 0.1) is 10.0 Å². The first kappa shape index (κ1) is 13.5. The van der Waals surface area contributed by atoms with E-state index in [1.54, 1.807) is 0 Å². The lowest BCUT2D eigenvalue weighted by molar-refractivity contribution is 0.805. The monoisotopic (exact) mass is 303 g/mol. The van der Waals surface area contributed by atoms with Crippen LogP contribution in [0, 0.1) is 0 Å². The van der Waals surface area contributed by atoms with E-state index in [1.807, 2.05) is 19.2 Å². The Morgan fingerprint density at radius 2 is 1.85 bits per heavy atom. The molecule has 1 nitrogen and oxygen atoms in total. The Hall–Kier alpha value is -1.44. The molecule has 0 saturated heterocycles. The van der Waals surface area contributed by atoms with Gasteiger partial charge in [-0.3, -0.25) is 0 Å². The van der Waals surface area contributed by atoms with Crippen molar-refractivity contribution < 1.29 is 0 Å². The third kappa shape index (κ3) is 2.32. The van der Waals surface area contributed by atoms with Crippen LogP contribution in [-0.2, 0) is 0 Å². The van der Waals surface area contributed by atoms with Crippen LogP contribution in [0.4, 0.5) is 0 Å². The SMILES string of the molecule is CNC1=CCC(c2ccc(Cl)c(Cl)c2)c2ccccc21. The van der Waals surface area contributed by atoms with Crippen molar-refractivity contribution in [2.75, 3.05) is 7.05 Å². The van der Waals surface area contributed by atoms with Crippen LogP contribution < -0.4 is 5.32 Å². The van der Waals surface area contributed by atoms with Gasteiger partial charge in [-0.25, -0.2) is 0 Å². The number of hydrogen-bond acceptors (Lipinski definition) is 1. The van der Waals surface area contributed by atoms with Crippen LogP contribution in [0.2, 0.25) is 10.0 Å². The molecule has 0 aliphatic heterocycles. The van der Waals surface area contributed by atoms with Crippen molar-refractivity contribution in [3.63, 3.8) is 0 Å². The van der Waals surface area contributed by atoms with E-state index in [4.69, 9.17) is 23.2 Å². The minimum Gasteiger partial charge on any atom is -0.388 e. The van der Waals surface area contributed by atoms with Crippen molar-refractivity contribution in [1.29, 1.82) is 0 Å². The standard InChI is InChI=1S/C17H15Cl2N/c1-20-17-9-7-12(13-4-2-3-5-14(13)17)11-6-8-15(18)16(19)10-11/h2-6,8-10,12,20H,7H2,1H3. The fourth-order valence-electron chi connectivity index (χ4n) is 2.80. The fraction of sp³-hybridized carbons (Fsp3) is 0.176. The van der Waals surface area contributed by atoms with Crippen LogP contribution in [0.1, 0.15) is 29.0 Å². The second kappa shape index (κ2) is 5.51. The van der Waals surface area contributed by atoms with Crippen LogP contribution in [0.25, 0.3) is 5.70 Å². The lowest BCUT2D eigenvalue weighted by Crippen LogP contribution is -2.14. The van der Waals surface area contributed by atoms with Gasteiger partial charge < -0.3 is 5.32 Å². The molecule has 1 atom stereocenters. The molecule has 1 N–H and O–H groups in total. The van der Waals surface area contributed by atoms with Gasteiger partial charge in [-0.15, -0.1) is 0 Å². The van der Waals surface area contributed by atoms with E-state index in [9.17, 15) is 0 Å². The maximum absolute atomic E-state index is 6.16. The molecule has 1 aliphatic rings. The molecule has 3 rings (SSSR count). The van der Waals surface area contributed by atoms with Crippen LogP contribution in [0.5, 0.6) is 0 Å². The molecule has 0 heterocycles. The summed E-state index contributed by atoms with van der Waals surface area (Å²) in [5.41, 5.74) is 4.99. The second-order valence-electron chi connectivity index (χ2n) is 4.92. The first-order valence-electron chi connectivity index (χ1n) is 6.63. The molecule has 0 aromatic heterocycles. The van der Waals surface area contributed by atoms with Gasteiger partial charge in [0.25, 0.3) is 0 Å². The Morgan fingerprint density at radius 3 is 2.60 bits per heavy atom. The molecule has 2 aromatic rings. The quantitative estimate of drug-likeness (QED) is 0.815. The molecular formula is C17H15Cl2N. The van der Waals surface area contributed by atoms with Gasteiger partial charge in [-0.2, -0.15) is 0 Å². The number of rotatable bonds is 2. The molecule has 3 heteroatoms. The Bertz CT molecular complexity index is 676. The van der Waals surface area contributed by atoms with E-state index in [2.05, 4.69) is 41.7 Å². The highest BCUT2D eigenvalue weighted by molar-refractivity contribution is 6.42. The largest absolute Gasteiger partial charge is 0.388 e. The molecule has 1 unspecified atom stereocenters. The summed E-state index contributed by atoms with van der Waals surface area (Å²) in [6.45, 7) is 0. The molecule has 0 radical (unpaired) electrons. The Morgan fingerprint density at radius 1 is 1.05 bits per heavy atom. The predicted molar refractivity (Wildman–Crippen MR) is 86.4 cm³/mol.